The van der Waals surface area contributed by atoms with E-state index in [0.717, 1.165) is 6.07 Å². The molecule has 0 saturated heterocycles. The number of rotatable bonds is 2. The van der Waals surface area contributed by atoms with E-state index in [0.29, 0.717) is 6.54 Å². The Hall–Kier alpha value is -1.03. The van der Waals surface area contributed by atoms with Gasteiger partial charge in [-0.25, -0.2) is 13.2 Å². The van der Waals surface area contributed by atoms with Crippen molar-refractivity contribution in [3.63, 3.8) is 0 Å². The van der Waals surface area contributed by atoms with Crippen LogP contribution in [0.15, 0.2) is 12.1 Å². The molecule has 0 radical (unpaired) electrons. The molecule has 1 fully saturated rings. The Balaban J connectivity index is 2.41. The summed E-state index contributed by atoms with van der Waals surface area (Å²) in [7, 11) is 0. The fourth-order valence-electron chi connectivity index (χ4n) is 2.58. The molecule has 1 aromatic rings. The van der Waals surface area contributed by atoms with Crippen LogP contribution >= 0.6 is 0 Å². The molecule has 0 aromatic heterocycles. The molecule has 0 spiro atoms. The average Bonchev–Trinajstić information content (AvgIpc) is 2.77. The van der Waals surface area contributed by atoms with Gasteiger partial charge in [-0.2, -0.15) is 0 Å². The van der Waals surface area contributed by atoms with Gasteiger partial charge in [-0.3, -0.25) is 0 Å². The minimum atomic E-state index is -1.39. The van der Waals surface area contributed by atoms with Crippen molar-refractivity contribution >= 4 is 0 Å². The molecule has 4 heteroatoms. The number of halogens is 3. The molecule has 1 aliphatic rings. The van der Waals surface area contributed by atoms with E-state index in [1.165, 1.54) is 6.07 Å². The Bertz CT molecular complexity index is 429. The molecular formula is C12H14F3N. The molecule has 88 valence electrons. The average molecular weight is 229 g/mol. The maximum Gasteiger partial charge on any atom is 0.194 e. The van der Waals surface area contributed by atoms with E-state index in [2.05, 4.69) is 0 Å². The van der Waals surface area contributed by atoms with E-state index in [-0.39, 0.29) is 22.8 Å². The Morgan fingerprint density at radius 2 is 1.81 bits per heavy atom. The van der Waals surface area contributed by atoms with Crippen molar-refractivity contribution in [1.82, 2.24) is 0 Å². The molecule has 0 bridgehead atoms. The summed E-state index contributed by atoms with van der Waals surface area (Å²) in [5.41, 5.74) is 5.66. The summed E-state index contributed by atoms with van der Waals surface area (Å²) in [4.78, 5) is 0. The Kier molecular flexibility index (Phi) is 2.49. The second kappa shape index (κ2) is 3.48. The molecule has 16 heavy (non-hydrogen) atoms. The van der Waals surface area contributed by atoms with Crippen molar-refractivity contribution in [2.75, 3.05) is 6.54 Å². The Morgan fingerprint density at radius 1 is 1.19 bits per heavy atom. The third-order valence-electron chi connectivity index (χ3n) is 3.70. The predicted octanol–water partition coefficient (Wildman–Crippen LogP) is 2.80. The maximum absolute atomic E-state index is 13.6. The van der Waals surface area contributed by atoms with Crippen molar-refractivity contribution in [3.05, 3.63) is 35.1 Å². The van der Waals surface area contributed by atoms with Crippen LogP contribution in [0.2, 0.25) is 0 Å². The molecule has 1 nitrogen and oxygen atoms in total. The first kappa shape index (κ1) is 11.5. The second-order valence-corrected chi connectivity index (χ2v) is 4.91. The first-order valence-corrected chi connectivity index (χ1v) is 5.24. The zero-order chi connectivity index (χ0) is 12.1. The molecule has 0 aliphatic heterocycles. The molecular weight excluding hydrogens is 215 g/mol. The number of nitrogens with two attached hydrogens (primary N) is 1. The molecule has 1 aromatic carbocycles. The molecule has 2 atom stereocenters. The summed E-state index contributed by atoms with van der Waals surface area (Å²) < 4.78 is 39.4. The second-order valence-electron chi connectivity index (χ2n) is 4.91. The van der Waals surface area contributed by atoms with E-state index in [4.69, 9.17) is 5.73 Å². The van der Waals surface area contributed by atoms with Gasteiger partial charge in [0.2, 0.25) is 0 Å². The molecule has 1 aliphatic carbocycles. The van der Waals surface area contributed by atoms with Crippen molar-refractivity contribution in [2.45, 2.75) is 19.8 Å². The minimum Gasteiger partial charge on any atom is -0.330 e. The van der Waals surface area contributed by atoms with Gasteiger partial charge in [0.05, 0.1) is 0 Å². The van der Waals surface area contributed by atoms with Crippen LogP contribution in [0.1, 0.15) is 25.3 Å². The Labute approximate surface area is 92.5 Å². The Morgan fingerprint density at radius 3 is 2.31 bits per heavy atom. The third-order valence-corrected chi connectivity index (χ3v) is 3.70. The van der Waals surface area contributed by atoms with Gasteiger partial charge in [0.25, 0.3) is 0 Å². The summed E-state index contributed by atoms with van der Waals surface area (Å²) in [6.45, 7) is 4.34. The molecule has 2 N–H and O–H groups in total. The monoisotopic (exact) mass is 229 g/mol. The molecule has 0 amide bonds. The number of benzene rings is 1. The van der Waals surface area contributed by atoms with E-state index in [1.54, 1.807) is 0 Å². The fourth-order valence-corrected chi connectivity index (χ4v) is 2.58. The van der Waals surface area contributed by atoms with Gasteiger partial charge in [0, 0.05) is 0 Å². The lowest BCUT2D eigenvalue weighted by Crippen LogP contribution is -2.05. The van der Waals surface area contributed by atoms with Crippen LogP contribution in [0.4, 0.5) is 13.2 Å². The summed E-state index contributed by atoms with van der Waals surface area (Å²) >= 11 is 0. The fraction of sp³-hybridized carbons (Fsp3) is 0.500. The minimum absolute atomic E-state index is 0.118. The van der Waals surface area contributed by atoms with Crippen molar-refractivity contribution < 1.29 is 13.2 Å². The maximum atomic E-state index is 13.6. The highest BCUT2D eigenvalue weighted by Gasteiger charge is 2.58. The normalized spacial score (nSPS) is 26.9. The largest absolute Gasteiger partial charge is 0.330 e. The first-order valence-electron chi connectivity index (χ1n) is 5.24. The summed E-state index contributed by atoms with van der Waals surface area (Å²) in [5.74, 6) is -3.60. The van der Waals surface area contributed by atoms with Crippen LogP contribution in [-0.2, 0) is 0 Å². The van der Waals surface area contributed by atoms with Gasteiger partial charge in [0.15, 0.2) is 17.5 Å². The van der Waals surface area contributed by atoms with E-state index < -0.39 is 17.5 Å². The highest BCUT2D eigenvalue weighted by Crippen LogP contribution is 2.64. The first-order chi connectivity index (χ1) is 7.41. The number of hydrogen-bond donors (Lipinski definition) is 1. The van der Waals surface area contributed by atoms with E-state index in [9.17, 15) is 13.2 Å². The van der Waals surface area contributed by atoms with Gasteiger partial charge in [-0.05, 0) is 35.4 Å². The molecule has 0 heterocycles. The van der Waals surface area contributed by atoms with Crippen LogP contribution in [0.3, 0.4) is 0 Å². The predicted molar refractivity (Wildman–Crippen MR) is 55.4 cm³/mol. The van der Waals surface area contributed by atoms with Crippen molar-refractivity contribution in [1.29, 1.82) is 0 Å². The molecule has 2 rings (SSSR count). The lowest BCUT2D eigenvalue weighted by Gasteiger charge is -2.05. The lowest BCUT2D eigenvalue weighted by molar-refractivity contribution is 0.438. The van der Waals surface area contributed by atoms with Crippen LogP contribution < -0.4 is 5.73 Å². The molecule has 2 unspecified atom stereocenters. The topological polar surface area (TPSA) is 26.0 Å². The molecule has 1 saturated carbocycles. The number of hydrogen-bond acceptors (Lipinski definition) is 1. The van der Waals surface area contributed by atoms with Gasteiger partial charge >= 0.3 is 0 Å². The van der Waals surface area contributed by atoms with Gasteiger partial charge in [0.1, 0.15) is 0 Å². The summed E-state index contributed by atoms with van der Waals surface area (Å²) in [6, 6.07) is 2.28. The van der Waals surface area contributed by atoms with E-state index >= 15 is 0 Å². The zero-order valence-electron chi connectivity index (χ0n) is 9.23. The van der Waals surface area contributed by atoms with Crippen molar-refractivity contribution in [3.8, 4) is 0 Å². The highest BCUT2D eigenvalue weighted by molar-refractivity contribution is 5.34. The summed E-state index contributed by atoms with van der Waals surface area (Å²) in [5, 5.41) is 0. The highest BCUT2D eigenvalue weighted by atomic mass is 19.2. The standard InChI is InChI=1S/C12H14F3N/c1-12(2)7(5-16)9(12)6-3-4-8(13)11(15)10(6)14/h3-4,7,9H,5,16H2,1-2H3. The summed E-state index contributed by atoms with van der Waals surface area (Å²) in [6.07, 6.45) is 0. The van der Waals surface area contributed by atoms with E-state index in [1.807, 2.05) is 13.8 Å². The van der Waals surface area contributed by atoms with Crippen LogP contribution in [0.25, 0.3) is 0 Å². The smallest absolute Gasteiger partial charge is 0.194 e. The van der Waals surface area contributed by atoms with Crippen LogP contribution in [0, 0.1) is 28.8 Å². The van der Waals surface area contributed by atoms with Gasteiger partial charge in [-0.15, -0.1) is 0 Å². The third kappa shape index (κ3) is 1.44. The van der Waals surface area contributed by atoms with Gasteiger partial charge in [-0.1, -0.05) is 19.9 Å². The zero-order valence-corrected chi connectivity index (χ0v) is 9.23. The quantitative estimate of drug-likeness (QED) is 0.775. The van der Waals surface area contributed by atoms with Crippen molar-refractivity contribution in [2.24, 2.45) is 17.1 Å². The SMILES string of the molecule is CC1(C)C(CN)C1c1ccc(F)c(F)c1F. The van der Waals surface area contributed by atoms with Crippen LogP contribution in [-0.4, -0.2) is 6.54 Å². The van der Waals surface area contributed by atoms with Crippen LogP contribution in [0.5, 0.6) is 0 Å². The lowest BCUT2D eigenvalue weighted by atomic mass is 10.0. The van der Waals surface area contributed by atoms with Gasteiger partial charge < -0.3 is 5.73 Å².